The van der Waals surface area contributed by atoms with Gasteiger partial charge in [-0.25, -0.2) is 0 Å². The normalized spacial score (nSPS) is 9.90. The van der Waals surface area contributed by atoms with Gasteiger partial charge < -0.3 is 5.32 Å². The Morgan fingerprint density at radius 2 is 1.90 bits per heavy atom. The van der Waals surface area contributed by atoms with Crippen LogP contribution in [0.5, 0.6) is 0 Å². The van der Waals surface area contributed by atoms with E-state index in [1.54, 1.807) is 12.1 Å². The molecule has 0 aromatic heterocycles. The van der Waals surface area contributed by atoms with Crippen LogP contribution in [-0.2, 0) is 17.8 Å². The largest absolute Gasteiger partial charge is 0.352 e. The first-order chi connectivity index (χ1) is 10.2. The van der Waals surface area contributed by atoms with Gasteiger partial charge in [0, 0.05) is 17.4 Å². The van der Waals surface area contributed by atoms with Gasteiger partial charge in [0.2, 0.25) is 5.91 Å². The number of nitrogens with one attached hydrogen (secondary N) is 1. The van der Waals surface area contributed by atoms with Gasteiger partial charge in [-0.05, 0) is 41.8 Å². The topological polar surface area (TPSA) is 52.9 Å². The van der Waals surface area contributed by atoms with Crippen molar-refractivity contribution in [1.29, 1.82) is 5.26 Å². The Balaban J connectivity index is 1.78. The minimum atomic E-state index is 0.0272. The van der Waals surface area contributed by atoms with Gasteiger partial charge in [0.15, 0.2) is 0 Å². The van der Waals surface area contributed by atoms with Crippen LogP contribution in [0.4, 0.5) is 0 Å². The molecule has 3 nitrogen and oxygen atoms in total. The number of nitriles is 1. The van der Waals surface area contributed by atoms with Gasteiger partial charge in [-0.3, -0.25) is 4.79 Å². The van der Waals surface area contributed by atoms with Crippen LogP contribution in [0.3, 0.4) is 0 Å². The van der Waals surface area contributed by atoms with Crippen molar-refractivity contribution in [2.75, 3.05) is 0 Å². The fourth-order valence-electron chi connectivity index (χ4n) is 1.94. The molecule has 0 bridgehead atoms. The molecule has 0 saturated carbocycles. The Kier molecular flexibility index (Phi) is 5.53. The number of aryl methyl sites for hydroxylation is 1. The summed E-state index contributed by atoms with van der Waals surface area (Å²) in [7, 11) is 0. The van der Waals surface area contributed by atoms with E-state index < -0.39 is 0 Å². The molecule has 0 radical (unpaired) electrons. The lowest BCUT2D eigenvalue weighted by Gasteiger charge is -2.06. The lowest BCUT2D eigenvalue weighted by Crippen LogP contribution is -2.22. The molecule has 4 heteroatoms. The molecule has 0 spiro atoms. The Morgan fingerprint density at radius 3 is 2.57 bits per heavy atom. The van der Waals surface area contributed by atoms with Crippen molar-refractivity contribution in [3.05, 3.63) is 69.7 Å². The number of nitrogens with zero attached hydrogens (tertiary/aromatic N) is 1. The molecule has 0 atom stereocenters. The van der Waals surface area contributed by atoms with Crippen molar-refractivity contribution in [2.24, 2.45) is 0 Å². The van der Waals surface area contributed by atoms with Crippen molar-refractivity contribution >= 4 is 21.8 Å². The standard InChI is InChI=1S/C17H15BrN2O/c18-16-3-1-2-15(10-16)12-20-17(21)9-8-13-4-6-14(11-19)7-5-13/h1-7,10H,8-9,12H2,(H,20,21). The van der Waals surface area contributed by atoms with E-state index >= 15 is 0 Å². The number of carbonyl (C=O) groups excluding carboxylic acids is 1. The maximum Gasteiger partial charge on any atom is 0.220 e. The fourth-order valence-corrected chi connectivity index (χ4v) is 2.39. The van der Waals surface area contributed by atoms with E-state index in [2.05, 4.69) is 27.3 Å². The van der Waals surface area contributed by atoms with Gasteiger partial charge in [-0.15, -0.1) is 0 Å². The summed E-state index contributed by atoms with van der Waals surface area (Å²) in [6.45, 7) is 0.533. The minimum absolute atomic E-state index is 0.0272. The molecular weight excluding hydrogens is 328 g/mol. The molecule has 2 aromatic rings. The first kappa shape index (κ1) is 15.3. The number of halogens is 1. The molecule has 0 unspecified atom stereocenters. The van der Waals surface area contributed by atoms with Crippen LogP contribution in [0.1, 0.15) is 23.1 Å². The third-order valence-corrected chi connectivity index (χ3v) is 3.60. The molecule has 106 valence electrons. The van der Waals surface area contributed by atoms with Crippen LogP contribution in [-0.4, -0.2) is 5.91 Å². The Bertz CT molecular complexity index is 659. The van der Waals surface area contributed by atoms with E-state index in [1.807, 2.05) is 36.4 Å². The predicted molar refractivity (Wildman–Crippen MR) is 85.5 cm³/mol. The summed E-state index contributed by atoms with van der Waals surface area (Å²) in [5.74, 6) is 0.0272. The summed E-state index contributed by atoms with van der Waals surface area (Å²) in [5, 5.41) is 11.6. The molecule has 1 N–H and O–H groups in total. The molecule has 2 rings (SSSR count). The number of hydrogen-bond donors (Lipinski definition) is 1. The summed E-state index contributed by atoms with van der Waals surface area (Å²) in [4.78, 5) is 11.8. The van der Waals surface area contributed by atoms with Crippen LogP contribution in [0.15, 0.2) is 53.0 Å². The molecule has 0 aliphatic rings. The molecule has 21 heavy (non-hydrogen) atoms. The first-order valence-electron chi connectivity index (χ1n) is 6.67. The van der Waals surface area contributed by atoms with Gasteiger partial charge in [-0.2, -0.15) is 5.26 Å². The maximum absolute atomic E-state index is 11.8. The summed E-state index contributed by atoms with van der Waals surface area (Å²) in [5.41, 5.74) is 2.76. The Labute approximate surface area is 132 Å². The zero-order chi connectivity index (χ0) is 15.1. The average Bonchev–Trinajstić information content (AvgIpc) is 2.51. The minimum Gasteiger partial charge on any atom is -0.352 e. The van der Waals surface area contributed by atoms with Gasteiger partial charge in [-0.1, -0.05) is 40.2 Å². The van der Waals surface area contributed by atoms with Crippen LogP contribution >= 0.6 is 15.9 Å². The van der Waals surface area contributed by atoms with E-state index in [0.29, 0.717) is 24.9 Å². The highest BCUT2D eigenvalue weighted by Crippen LogP contribution is 2.11. The number of amides is 1. The van der Waals surface area contributed by atoms with Crippen molar-refractivity contribution in [3.63, 3.8) is 0 Å². The second kappa shape index (κ2) is 7.61. The van der Waals surface area contributed by atoms with E-state index in [0.717, 1.165) is 15.6 Å². The summed E-state index contributed by atoms with van der Waals surface area (Å²) in [6.07, 6.45) is 1.12. The zero-order valence-corrected chi connectivity index (χ0v) is 13.1. The first-order valence-corrected chi connectivity index (χ1v) is 7.47. The lowest BCUT2D eigenvalue weighted by atomic mass is 10.1. The van der Waals surface area contributed by atoms with Crippen molar-refractivity contribution in [2.45, 2.75) is 19.4 Å². The van der Waals surface area contributed by atoms with Crippen molar-refractivity contribution in [3.8, 4) is 6.07 Å². The van der Waals surface area contributed by atoms with Crippen molar-refractivity contribution in [1.82, 2.24) is 5.32 Å². The number of benzene rings is 2. The number of carbonyl (C=O) groups is 1. The Morgan fingerprint density at radius 1 is 1.14 bits per heavy atom. The Hall–Kier alpha value is -2.12. The number of rotatable bonds is 5. The summed E-state index contributed by atoms with van der Waals surface area (Å²) >= 11 is 3.41. The fraction of sp³-hybridized carbons (Fsp3) is 0.176. The average molecular weight is 343 g/mol. The van der Waals surface area contributed by atoms with Gasteiger partial charge in [0.05, 0.1) is 11.6 Å². The molecule has 0 heterocycles. The van der Waals surface area contributed by atoms with Gasteiger partial charge in [0.25, 0.3) is 0 Å². The van der Waals surface area contributed by atoms with Crippen LogP contribution in [0, 0.1) is 11.3 Å². The summed E-state index contributed by atoms with van der Waals surface area (Å²) in [6, 6.07) is 17.3. The molecular formula is C17H15BrN2O. The number of hydrogen-bond acceptors (Lipinski definition) is 2. The second-order valence-electron chi connectivity index (χ2n) is 4.72. The lowest BCUT2D eigenvalue weighted by molar-refractivity contribution is -0.121. The van der Waals surface area contributed by atoms with Gasteiger partial charge in [0.1, 0.15) is 0 Å². The highest BCUT2D eigenvalue weighted by Gasteiger charge is 2.03. The third kappa shape index (κ3) is 5.05. The molecule has 0 fully saturated rings. The highest BCUT2D eigenvalue weighted by atomic mass is 79.9. The molecule has 0 aliphatic carbocycles. The molecule has 1 amide bonds. The predicted octanol–water partition coefficient (Wildman–Crippen LogP) is 3.57. The smallest absolute Gasteiger partial charge is 0.220 e. The quantitative estimate of drug-likeness (QED) is 0.902. The van der Waals surface area contributed by atoms with Crippen molar-refractivity contribution < 1.29 is 4.79 Å². The monoisotopic (exact) mass is 342 g/mol. The summed E-state index contributed by atoms with van der Waals surface area (Å²) < 4.78 is 1.01. The second-order valence-corrected chi connectivity index (χ2v) is 5.63. The van der Waals surface area contributed by atoms with Crippen LogP contribution in [0.25, 0.3) is 0 Å². The zero-order valence-electron chi connectivity index (χ0n) is 11.5. The third-order valence-electron chi connectivity index (χ3n) is 3.10. The molecule has 0 saturated heterocycles. The van der Waals surface area contributed by atoms with Gasteiger partial charge >= 0.3 is 0 Å². The molecule has 0 aliphatic heterocycles. The van der Waals surface area contributed by atoms with Crippen LogP contribution < -0.4 is 5.32 Å². The van der Waals surface area contributed by atoms with E-state index in [9.17, 15) is 4.79 Å². The molecule has 2 aromatic carbocycles. The van der Waals surface area contributed by atoms with Crippen LogP contribution in [0.2, 0.25) is 0 Å². The van der Waals surface area contributed by atoms with E-state index in [-0.39, 0.29) is 5.91 Å². The SMILES string of the molecule is N#Cc1ccc(CCC(=O)NCc2cccc(Br)c2)cc1. The highest BCUT2D eigenvalue weighted by molar-refractivity contribution is 9.10. The maximum atomic E-state index is 11.8. The van der Waals surface area contributed by atoms with E-state index in [1.165, 1.54) is 0 Å². The van der Waals surface area contributed by atoms with E-state index in [4.69, 9.17) is 5.26 Å².